The molecule has 0 spiro atoms. The Hall–Kier alpha value is -3.45. The van der Waals surface area contributed by atoms with E-state index in [0.717, 1.165) is 54.2 Å². The molecule has 0 amide bonds. The number of hydrogen-bond acceptors (Lipinski definition) is 5. The molecule has 3 heterocycles. The molecule has 0 aliphatic heterocycles. The Morgan fingerprint density at radius 3 is 2.53 bits per heavy atom. The maximum absolute atomic E-state index is 13.4. The van der Waals surface area contributed by atoms with E-state index in [4.69, 9.17) is 4.98 Å². The highest BCUT2D eigenvalue weighted by molar-refractivity contribution is 5.82. The Labute approximate surface area is 211 Å². The van der Waals surface area contributed by atoms with Crippen LogP contribution in [0.2, 0.25) is 0 Å². The molecule has 1 saturated carbocycles. The van der Waals surface area contributed by atoms with E-state index in [9.17, 15) is 4.79 Å². The van der Waals surface area contributed by atoms with Gasteiger partial charge in [0.1, 0.15) is 5.82 Å². The molecular formula is C29H34N6O. The first-order valence-corrected chi connectivity index (χ1v) is 12.9. The number of nitrogens with zero attached hydrogens (tertiary/aromatic N) is 5. The first-order valence-electron chi connectivity index (χ1n) is 12.9. The number of likely N-dealkylation sites (N-methyl/N-ethyl adjacent to an activating group) is 1. The van der Waals surface area contributed by atoms with Crippen molar-refractivity contribution in [3.63, 3.8) is 0 Å². The molecule has 3 aromatic heterocycles. The summed E-state index contributed by atoms with van der Waals surface area (Å²) in [6.45, 7) is 6.47. The topological polar surface area (TPSA) is 68.0 Å². The van der Waals surface area contributed by atoms with Gasteiger partial charge in [0.05, 0.1) is 16.9 Å². The van der Waals surface area contributed by atoms with E-state index in [1.54, 1.807) is 6.20 Å². The second-order valence-electron chi connectivity index (χ2n) is 11.5. The van der Waals surface area contributed by atoms with E-state index in [1.165, 1.54) is 11.1 Å². The number of rotatable bonds is 5. The number of aromatic nitrogens is 4. The van der Waals surface area contributed by atoms with Crippen LogP contribution in [-0.2, 0) is 18.3 Å². The minimum absolute atomic E-state index is 0.00164. The van der Waals surface area contributed by atoms with Crippen molar-refractivity contribution in [1.29, 1.82) is 0 Å². The van der Waals surface area contributed by atoms with Gasteiger partial charge in [-0.3, -0.25) is 4.79 Å². The zero-order chi connectivity index (χ0) is 25.2. The molecule has 1 unspecified atom stereocenters. The van der Waals surface area contributed by atoms with E-state index >= 15 is 0 Å². The van der Waals surface area contributed by atoms with Crippen molar-refractivity contribution in [2.75, 3.05) is 19.4 Å². The average molecular weight is 483 g/mol. The summed E-state index contributed by atoms with van der Waals surface area (Å²) in [5, 5.41) is 4.11. The number of nitrogens with one attached hydrogen (secondary N) is 1. The predicted molar refractivity (Wildman–Crippen MR) is 145 cm³/mol. The number of hydrogen-bond donors (Lipinski definition) is 1. The summed E-state index contributed by atoms with van der Waals surface area (Å²) in [6.07, 6.45) is 5.88. The summed E-state index contributed by atoms with van der Waals surface area (Å²) in [7, 11) is 4.29. The highest BCUT2D eigenvalue weighted by Gasteiger charge is 2.31. The molecule has 7 heteroatoms. The summed E-state index contributed by atoms with van der Waals surface area (Å²) in [5.74, 6) is 1.49. The molecular weight excluding hydrogens is 448 g/mol. The van der Waals surface area contributed by atoms with Crippen molar-refractivity contribution in [3.8, 4) is 5.82 Å². The third kappa shape index (κ3) is 4.01. The standard InChI is InChI=1S/C29H34N6O/c1-29(2,3)25-7-6-8-27(32-25)35-24-16-26(30-17-23(24)28(36)34(35)21-11-12-21)31-20-10-9-18-14-22(33(4)5)15-19(18)13-20/h6-10,13,16-17,21-22H,11-12,14-15H2,1-5H3,(H,30,31). The molecule has 186 valence electrons. The lowest BCUT2D eigenvalue weighted by atomic mass is 9.92. The second kappa shape index (κ2) is 8.30. The summed E-state index contributed by atoms with van der Waals surface area (Å²) < 4.78 is 3.88. The molecule has 0 bridgehead atoms. The van der Waals surface area contributed by atoms with Gasteiger partial charge >= 0.3 is 0 Å². The van der Waals surface area contributed by atoms with Gasteiger partial charge in [0.2, 0.25) is 0 Å². The van der Waals surface area contributed by atoms with Gasteiger partial charge in [0.25, 0.3) is 5.56 Å². The van der Waals surface area contributed by atoms with Gasteiger partial charge < -0.3 is 10.2 Å². The second-order valence-corrected chi connectivity index (χ2v) is 11.5. The van der Waals surface area contributed by atoms with E-state index in [1.807, 2.05) is 27.6 Å². The van der Waals surface area contributed by atoms with Crippen molar-refractivity contribution in [2.24, 2.45) is 0 Å². The van der Waals surface area contributed by atoms with Crippen molar-refractivity contribution in [3.05, 3.63) is 75.8 Å². The van der Waals surface area contributed by atoms with Crippen molar-refractivity contribution < 1.29 is 0 Å². The lowest BCUT2D eigenvalue weighted by Crippen LogP contribution is -2.27. The molecule has 4 aromatic rings. The first-order chi connectivity index (χ1) is 17.2. The van der Waals surface area contributed by atoms with Crippen LogP contribution in [0.1, 0.15) is 56.5 Å². The lowest BCUT2D eigenvalue weighted by molar-refractivity contribution is 0.303. The fourth-order valence-electron chi connectivity index (χ4n) is 5.21. The number of benzene rings is 1. The van der Waals surface area contributed by atoms with Crippen LogP contribution < -0.4 is 10.9 Å². The van der Waals surface area contributed by atoms with Gasteiger partial charge in [0, 0.05) is 35.1 Å². The first kappa shape index (κ1) is 23.0. The maximum atomic E-state index is 13.4. The van der Waals surface area contributed by atoms with Gasteiger partial charge in [-0.15, -0.1) is 0 Å². The van der Waals surface area contributed by atoms with Crippen molar-refractivity contribution in [1.82, 2.24) is 24.2 Å². The van der Waals surface area contributed by atoms with E-state index in [2.05, 4.69) is 74.3 Å². The Morgan fingerprint density at radius 2 is 1.81 bits per heavy atom. The molecule has 0 radical (unpaired) electrons. The van der Waals surface area contributed by atoms with Crippen LogP contribution in [-0.4, -0.2) is 44.4 Å². The molecule has 1 aromatic carbocycles. The van der Waals surface area contributed by atoms with E-state index in [0.29, 0.717) is 11.4 Å². The van der Waals surface area contributed by atoms with Crippen molar-refractivity contribution in [2.45, 2.75) is 64.0 Å². The smallest absolute Gasteiger partial charge is 0.276 e. The fraction of sp³-hybridized carbons (Fsp3) is 0.414. The molecule has 0 saturated heterocycles. The summed E-state index contributed by atoms with van der Waals surface area (Å²) in [5.41, 5.74) is 5.57. The normalized spacial score (nSPS) is 17.7. The maximum Gasteiger partial charge on any atom is 0.276 e. The number of fused-ring (bicyclic) bond motifs is 2. The average Bonchev–Trinajstić information content (AvgIpc) is 3.51. The largest absolute Gasteiger partial charge is 0.340 e. The molecule has 6 rings (SSSR count). The summed E-state index contributed by atoms with van der Waals surface area (Å²) in [6, 6.07) is 15.4. The highest BCUT2D eigenvalue weighted by Crippen LogP contribution is 2.36. The summed E-state index contributed by atoms with van der Waals surface area (Å²) >= 11 is 0. The fourth-order valence-corrected chi connectivity index (χ4v) is 5.21. The highest BCUT2D eigenvalue weighted by atomic mass is 16.1. The van der Waals surface area contributed by atoms with Gasteiger partial charge in [-0.25, -0.2) is 19.3 Å². The molecule has 1 fully saturated rings. The minimum atomic E-state index is -0.0862. The van der Waals surface area contributed by atoms with Gasteiger partial charge in [0.15, 0.2) is 5.82 Å². The van der Waals surface area contributed by atoms with Crippen LogP contribution >= 0.6 is 0 Å². The minimum Gasteiger partial charge on any atom is -0.340 e. The van der Waals surface area contributed by atoms with Crippen LogP contribution in [0.25, 0.3) is 16.7 Å². The predicted octanol–water partition coefficient (Wildman–Crippen LogP) is 4.99. The third-order valence-electron chi connectivity index (χ3n) is 7.50. The molecule has 1 N–H and O–H groups in total. The van der Waals surface area contributed by atoms with Crippen molar-refractivity contribution >= 4 is 22.4 Å². The van der Waals surface area contributed by atoms with Crippen LogP contribution in [0.15, 0.2) is 53.5 Å². The van der Waals surface area contributed by atoms with Crippen LogP contribution in [0.4, 0.5) is 11.5 Å². The lowest BCUT2D eigenvalue weighted by Gasteiger charge is -2.19. The number of anilines is 2. The van der Waals surface area contributed by atoms with E-state index < -0.39 is 0 Å². The van der Waals surface area contributed by atoms with Crippen LogP contribution in [0, 0.1) is 0 Å². The van der Waals surface area contributed by atoms with Crippen LogP contribution in [0.3, 0.4) is 0 Å². The third-order valence-corrected chi connectivity index (χ3v) is 7.50. The molecule has 7 nitrogen and oxygen atoms in total. The molecule has 1 atom stereocenters. The Morgan fingerprint density at radius 1 is 1.03 bits per heavy atom. The van der Waals surface area contributed by atoms with Gasteiger partial charge in [-0.05, 0) is 75.2 Å². The van der Waals surface area contributed by atoms with Gasteiger partial charge in [-0.2, -0.15) is 0 Å². The number of pyridine rings is 2. The Bertz CT molecular complexity index is 1520. The molecule has 2 aliphatic rings. The molecule has 2 aliphatic carbocycles. The SMILES string of the molecule is CN(C)C1Cc2ccc(Nc3cc4c(cn3)c(=O)n(C3CC3)n4-c3cccc(C(C)(C)C)n3)cc2C1. The molecule has 36 heavy (non-hydrogen) atoms. The zero-order valence-electron chi connectivity index (χ0n) is 21.7. The van der Waals surface area contributed by atoms with Gasteiger partial charge in [-0.1, -0.05) is 32.9 Å². The van der Waals surface area contributed by atoms with E-state index in [-0.39, 0.29) is 17.0 Å². The Balaban J connectivity index is 1.41. The van der Waals surface area contributed by atoms with Crippen LogP contribution in [0.5, 0.6) is 0 Å². The Kier molecular flexibility index (Phi) is 5.30. The quantitative estimate of drug-likeness (QED) is 0.434. The zero-order valence-corrected chi connectivity index (χ0v) is 21.7. The monoisotopic (exact) mass is 482 g/mol. The summed E-state index contributed by atoms with van der Waals surface area (Å²) in [4.78, 5) is 25.3.